The molecule has 3 heterocycles. The number of para-hydroxylation sites is 1. The first kappa shape index (κ1) is 25.1. The van der Waals surface area contributed by atoms with E-state index in [9.17, 15) is 4.79 Å². The summed E-state index contributed by atoms with van der Waals surface area (Å²) in [6.07, 6.45) is 9.16. The van der Waals surface area contributed by atoms with E-state index in [1.54, 1.807) is 24.1 Å². The Balaban J connectivity index is 1.51. The fraction of sp³-hybridized carbons (Fsp3) is 0.276. The van der Waals surface area contributed by atoms with Gasteiger partial charge in [0.2, 0.25) is 5.82 Å². The van der Waals surface area contributed by atoms with Gasteiger partial charge in [0.1, 0.15) is 5.75 Å². The lowest BCUT2D eigenvalue weighted by atomic mass is 10.00. The molecule has 0 bridgehead atoms. The number of nitrogens with zero attached hydrogens (tertiary/aromatic N) is 6. The standard InChI is InChI=1S/C29H31N7O2/c1-4-6-9-23-19-36(27-21(5-2)8-7-10-26(27)38-3)29(37)35(23)18-20-11-13-22(14-12-20)24-15-16-30-17-25(24)28-31-33-34-32-28/h7-8,10-17,19H,4-6,9,18H2,1-3H3,(H,31,32,33,34). The topological polar surface area (TPSA) is 104 Å². The van der Waals surface area contributed by atoms with E-state index in [0.29, 0.717) is 18.1 Å². The van der Waals surface area contributed by atoms with Crippen molar-refractivity contribution in [2.75, 3.05) is 7.11 Å². The Hall–Kier alpha value is -4.53. The van der Waals surface area contributed by atoms with Gasteiger partial charge in [0, 0.05) is 29.8 Å². The fourth-order valence-corrected chi connectivity index (χ4v) is 4.78. The Morgan fingerprint density at radius 1 is 1.03 bits per heavy atom. The van der Waals surface area contributed by atoms with Gasteiger partial charge in [-0.3, -0.25) is 14.1 Å². The lowest BCUT2D eigenvalue weighted by Gasteiger charge is -2.13. The molecule has 38 heavy (non-hydrogen) atoms. The van der Waals surface area contributed by atoms with Crippen LogP contribution in [-0.4, -0.2) is 41.9 Å². The molecule has 5 rings (SSSR count). The number of H-pyrrole nitrogens is 1. The van der Waals surface area contributed by atoms with Crippen LogP contribution in [0.4, 0.5) is 0 Å². The molecular weight excluding hydrogens is 478 g/mol. The molecule has 0 saturated heterocycles. The largest absolute Gasteiger partial charge is 0.495 e. The van der Waals surface area contributed by atoms with Crippen LogP contribution in [0.2, 0.25) is 0 Å². The van der Waals surface area contributed by atoms with Crippen LogP contribution < -0.4 is 10.4 Å². The lowest BCUT2D eigenvalue weighted by Crippen LogP contribution is -2.25. The highest BCUT2D eigenvalue weighted by molar-refractivity contribution is 5.79. The van der Waals surface area contributed by atoms with Crippen molar-refractivity contribution in [1.29, 1.82) is 0 Å². The van der Waals surface area contributed by atoms with Crippen LogP contribution in [-0.2, 0) is 19.4 Å². The summed E-state index contributed by atoms with van der Waals surface area (Å²) in [4.78, 5) is 18.0. The van der Waals surface area contributed by atoms with Crippen LogP contribution in [0.25, 0.3) is 28.2 Å². The molecule has 0 saturated carbocycles. The maximum absolute atomic E-state index is 13.8. The van der Waals surface area contributed by atoms with E-state index in [-0.39, 0.29) is 5.69 Å². The van der Waals surface area contributed by atoms with E-state index >= 15 is 0 Å². The van der Waals surface area contributed by atoms with Crippen molar-refractivity contribution < 1.29 is 4.74 Å². The van der Waals surface area contributed by atoms with Gasteiger partial charge in [-0.2, -0.15) is 5.21 Å². The number of benzene rings is 2. The van der Waals surface area contributed by atoms with E-state index in [0.717, 1.165) is 64.9 Å². The second kappa shape index (κ2) is 11.2. The van der Waals surface area contributed by atoms with Crippen LogP contribution in [0.1, 0.15) is 43.5 Å². The monoisotopic (exact) mass is 509 g/mol. The molecule has 2 aromatic carbocycles. The minimum Gasteiger partial charge on any atom is -0.495 e. The summed E-state index contributed by atoms with van der Waals surface area (Å²) in [5.41, 5.74) is 6.66. The molecule has 0 aliphatic rings. The second-order valence-electron chi connectivity index (χ2n) is 9.14. The van der Waals surface area contributed by atoms with Crippen molar-refractivity contribution in [3.8, 4) is 34.0 Å². The molecular formula is C29H31N7O2. The molecule has 0 fully saturated rings. The molecule has 3 aromatic heterocycles. The minimum atomic E-state index is -0.0621. The van der Waals surface area contributed by atoms with E-state index < -0.39 is 0 Å². The summed E-state index contributed by atoms with van der Waals surface area (Å²) in [6, 6.07) is 16.1. The number of tetrazole rings is 1. The third kappa shape index (κ3) is 4.87. The number of rotatable bonds is 10. The Morgan fingerprint density at radius 2 is 1.87 bits per heavy atom. The van der Waals surface area contributed by atoms with Gasteiger partial charge in [-0.05, 0) is 58.9 Å². The van der Waals surface area contributed by atoms with Gasteiger partial charge in [-0.15, -0.1) is 10.2 Å². The predicted octanol–water partition coefficient (Wildman–Crippen LogP) is 4.84. The summed E-state index contributed by atoms with van der Waals surface area (Å²) in [7, 11) is 1.65. The molecule has 0 unspecified atom stereocenters. The normalized spacial score (nSPS) is 11.1. The van der Waals surface area contributed by atoms with Crippen molar-refractivity contribution in [3.63, 3.8) is 0 Å². The Morgan fingerprint density at radius 3 is 2.58 bits per heavy atom. The van der Waals surface area contributed by atoms with Crippen LogP contribution in [0.5, 0.6) is 5.75 Å². The van der Waals surface area contributed by atoms with Crippen LogP contribution in [0.3, 0.4) is 0 Å². The predicted molar refractivity (Wildman–Crippen MR) is 147 cm³/mol. The first-order valence-corrected chi connectivity index (χ1v) is 12.9. The lowest BCUT2D eigenvalue weighted by molar-refractivity contribution is 0.412. The third-order valence-corrected chi connectivity index (χ3v) is 6.79. The van der Waals surface area contributed by atoms with Gasteiger partial charge in [-0.25, -0.2) is 4.79 Å². The van der Waals surface area contributed by atoms with Crippen molar-refractivity contribution in [2.45, 2.75) is 46.1 Å². The van der Waals surface area contributed by atoms with Gasteiger partial charge in [0.05, 0.1) is 19.3 Å². The smallest absolute Gasteiger partial charge is 0.333 e. The van der Waals surface area contributed by atoms with E-state index in [4.69, 9.17) is 4.74 Å². The summed E-state index contributed by atoms with van der Waals surface area (Å²) in [6.45, 7) is 4.73. The molecule has 0 aliphatic heterocycles. The number of nitrogens with one attached hydrogen (secondary N) is 1. The highest BCUT2D eigenvalue weighted by Gasteiger charge is 2.18. The Kier molecular flexibility index (Phi) is 7.44. The van der Waals surface area contributed by atoms with Crippen molar-refractivity contribution in [2.24, 2.45) is 0 Å². The molecule has 9 nitrogen and oxygen atoms in total. The van der Waals surface area contributed by atoms with E-state index in [2.05, 4.69) is 63.7 Å². The summed E-state index contributed by atoms with van der Waals surface area (Å²) >= 11 is 0. The van der Waals surface area contributed by atoms with Gasteiger partial charge in [-0.1, -0.05) is 56.7 Å². The minimum absolute atomic E-state index is 0.0621. The maximum atomic E-state index is 13.8. The number of pyridine rings is 1. The number of hydrogen-bond acceptors (Lipinski definition) is 6. The van der Waals surface area contributed by atoms with Gasteiger partial charge in [0.15, 0.2) is 0 Å². The zero-order chi connectivity index (χ0) is 26.5. The van der Waals surface area contributed by atoms with Crippen LogP contribution in [0.15, 0.2) is 71.9 Å². The van der Waals surface area contributed by atoms with E-state index in [1.807, 2.05) is 35.0 Å². The fourth-order valence-electron chi connectivity index (χ4n) is 4.78. The zero-order valence-corrected chi connectivity index (χ0v) is 21.9. The Bertz CT molecular complexity index is 1550. The van der Waals surface area contributed by atoms with Crippen molar-refractivity contribution in [3.05, 3.63) is 94.4 Å². The quantitative estimate of drug-likeness (QED) is 0.289. The Labute approximate surface area is 221 Å². The summed E-state index contributed by atoms with van der Waals surface area (Å²) < 4.78 is 9.29. The number of aromatic amines is 1. The number of methoxy groups -OCH3 is 1. The number of aryl methyl sites for hydroxylation is 2. The van der Waals surface area contributed by atoms with Crippen LogP contribution >= 0.6 is 0 Å². The first-order chi connectivity index (χ1) is 18.6. The number of hydrogen-bond donors (Lipinski definition) is 1. The summed E-state index contributed by atoms with van der Waals surface area (Å²) in [5, 5.41) is 14.4. The highest BCUT2D eigenvalue weighted by atomic mass is 16.5. The molecule has 0 spiro atoms. The molecule has 0 radical (unpaired) electrons. The third-order valence-electron chi connectivity index (χ3n) is 6.79. The van der Waals surface area contributed by atoms with Crippen molar-refractivity contribution in [1.82, 2.24) is 34.7 Å². The molecule has 0 atom stereocenters. The first-order valence-electron chi connectivity index (χ1n) is 12.9. The average Bonchev–Trinajstić information content (AvgIpc) is 3.61. The number of aromatic nitrogens is 7. The SMILES string of the molecule is CCCCc1cn(-c2c(CC)cccc2OC)c(=O)n1Cc1ccc(-c2ccncc2-c2nn[nH]n2)cc1. The van der Waals surface area contributed by atoms with Gasteiger partial charge >= 0.3 is 5.69 Å². The van der Waals surface area contributed by atoms with E-state index in [1.165, 1.54) is 0 Å². The van der Waals surface area contributed by atoms with Gasteiger partial charge in [0.25, 0.3) is 0 Å². The average molecular weight is 510 g/mol. The molecule has 194 valence electrons. The second-order valence-corrected chi connectivity index (χ2v) is 9.14. The number of ether oxygens (including phenoxy) is 1. The highest BCUT2D eigenvalue weighted by Crippen LogP contribution is 2.30. The zero-order valence-electron chi connectivity index (χ0n) is 21.9. The number of imidazole rings is 1. The molecule has 9 heteroatoms. The molecule has 1 N–H and O–H groups in total. The number of unbranched alkanes of at least 4 members (excludes halogenated alkanes) is 1. The van der Waals surface area contributed by atoms with Crippen molar-refractivity contribution >= 4 is 0 Å². The van der Waals surface area contributed by atoms with Crippen LogP contribution in [0, 0.1) is 0 Å². The molecule has 0 amide bonds. The maximum Gasteiger partial charge on any atom is 0.333 e. The van der Waals surface area contributed by atoms with Gasteiger partial charge < -0.3 is 4.74 Å². The molecule has 5 aromatic rings. The summed E-state index contributed by atoms with van der Waals surface area (Å²) in [5.74, 6) is 1.19. The molecule has 0 aliphatic carbocycles.